The molecule has 0 N–H and O–H groups in total. The summed E-state index contributed by atoms with van der Waals surface area (Å²) < 4.78 is 11.3. The summed E-state index contributed by atoms with van der Waals surface area (Å²) in [5, 5.41) is 0. The van der Waals surface area contributed by atoms with E-state index < -0.39 is 0 Å². The summed E-state index contributed by atoms with van der Waals surface area (Å²) in [5.74, 6) is -0.0265. The number of hydrogen-bond donors (Lipinski definition) is 0. The molecule has 0 saturated carbocycles. The van der Waals surface area contributed by atoms with E-state index in [4.69, 9.17) is 9.47 Å². The summed E-state index contributed by atoms with van der Waals surface area (Å²) in [6.07, 6.45) is 2.94. The molecular weight excluding hydrogens is 332 g/mol. The maximum atomic E-state index is 12.9. The van der Waals surface area contributed by atoms with Gasteiger partial charge >= 0.3 is 0 Å². The number of rotatable bonds is 4. The van der Waals surface area contributed by atoms with Crippen molar-refractivity contribution in [2.24, 2.45) is 0 Å². The number of ether oxygens (including phenoxy) is 2. The van der Waals surface area contributed by atoms with Crippen molar-refractivity contribution in [2.75, 3.05) is 26.3 Å². The molecule has 0 aliphatic carbocycles. The number of carbonyl (C=O) groups excluding carboxylic acids is 2. The van der Waals surface area contributed by atoms with Gasteiger partial charge in [0.2, 0.25) is 5.91 Å². The highest BCUT2D eigenvalue weighted by Crippen LogP contribution is 2.31. The third kappa shape index (κ3) is 3.04. The average Bonchev–Trinajstić information content (AvgIpc) is 3.29. The van der Waals surface area contributed by atoms with Crippen LogP contribution in [0.5, 0.6) is 0 Å². The molecule has 2 amide bonds. The Labute approximate surface area is 153 Å². The van der Waals surface area contributed by atoms with Crippen LogP contribution < -0.4 is 0 Å². The van der Waals surface area contributed by atoms with Crippen LogP contribution in [0, 0.1) is 0 Å². The molecule has 1 aromatic carbocycles. The van der Waals surface area contributed by atoms with E-state index in [0.29, 0.717) is 31.0 Å². The standard InChI is InChI=1S/C20H24N2O4/c1-14-15-6-2-3-7-16(15)19(24)21(14)11-9-18(23)22-10-5-4-8-17(22)20-25-12-13-26-20/h2-3,6-7,17,20H,1,4-5,8-13H2. The zero-order chi connectivity index (χ0) is 18.1. The Bertz CT molecular complexity index is 691. The molecule has 0 aromatic heterocycles. The number of carbonyl (C=O) groups is 2. The average molecular weight is 356 g/mol. The van der Waals surface area contributed by atoms with Crippen molar-refractivity contribution < 1.29 is 19.1 Å². The van der Waals surface area contributed by atoms with Crippen molar-refractivity contribution in [2.45, 2.75) is 38.0 Å². The lowest BCUT2D eigenvalue weighted by atomic mass is 10.0. The second kappa shape index (κ2) is 7.21. The maximum absolute atomic E-state index is 12.9. The first-order valence-corrected chi connectivity index (χ1v) is 9.29. The quantitative estimate of drug-likeness (QED) is 0.830. The molecular formula is C20H24N2O4. The summed E-state index contributed by atoms with van der Waals surface area (Å²) >= 11 is 0. The lowest BCUT2D eigenvalue weighted by Crippen LogP contribution is -2.50. The zero-order valence-corrected chi connectivity index (χ0v) is 14.9. The fraction of sp³-hybridized carbons (Fsp3) is 0.500. The molecule has 2 fully saturated rings. The topological polar surface area (TPSA) is 59.1 Å². The molecule has 3 heterocycles. The first-order chi connectivity index (χ1) is 12.7. The molecule has 138 valence electrons. The number of fused-ring (bicyclic) bond motifs is 1. The summed E-state index contributed by atoms with van der Waals surface area (Å²) in [6.45, 7) is 6.28. The predicted octanol–water partition coefficient (Wildman–Crippen LogP) is 2.26. The van der Waals surface area contributed by atoms with E-state index in [1.54, 1.807) is 11.0 Å². The first-order valence-electron chi connectivity index (χ1n) is 9.29. The number of hydrogen-bond acceptors (Lipinski definition) is 4. The van der Waals surface area contributed by atoms with Gasteiger partial charge in [0.05, 0.1) is 19.3 Å². The van der Waals surface area contributed by atoms with E-state index in [1.165, 1.54) is 0 Å². The van der Waals surface area contributed by atoms with Crippen molar-refractivity contribution in [3.8, 4) is 0 Å². The normalized spacial score (nSPS) is 23.6. The van der Waals surface area contributed by atoms with Gasteiger partial charge in [-0.3, -0.25) is 9.59 Å². The highest BCUT2D eigenvalue weighted by atomic mass is 16.7. The molecule has 1 atom stereocenters. The van der Waals surface area contributed by atoms with Gasteiger partial charge in [-0.25, -0.2) is 0 Å². The highest BCUT2D eigenvalue weighted by Gasteiger charge is 2.37. The van der Waals surface area contributed by atoms with Crippen LogP contribution in [0.25, 0.3) is 5.70 Å². The molecule has 0 radical (unpaired) electrons. The molecule has 0 spiro atoms. The third-order valence-corrected chi connectivity index (χ3v) is 5.42. The van der Waals surface area contributed by atoms with Crippen LogP contribution in [0.4, 0.5) is 0 Å². The van der Waals surface area contributed by atoms with E-state index in [1.807, 2.05) is 23.1 Å². The van der Waals surface area contributed by atoms with Gasteiger partial charge in [-0.05, 0) is 25.3 Å². The minimum absolute atomic E-state index is 0.0200. The van der Waals surface area contributed by atoms with E-state index >= 15 is 0 Å². The largest absolute Gasteiger partial charge is 0.348 e. The SMILES string of the molecule is C=C1c2ccccc2C(=O)N1CCC(=O)N1CCCCC1C1OCCO1. The maximum Gasteiger partial charge on any atom is 0.258 e. The lowest BCUT2D eigenvalue weighted by Gasteiger charge is -2.38. The number of amides is 2. The lowest BCUT2D eigenvalue weighted by molar-refractivity contribution is -0.150. The Balaban J connectivity index is 1.40. The highest BCUT2D eigenvalue weighted by molar-refractivity contribution is 6.08. The monoisotopic (exact) mass is 356 g/mol. The molecule has 6 nitrogen and oxygen atoms in total. The van der Waals surface area contributed by atoms with Crippen LogP contribution in [0.15, 0.2) is 30.8 Å². The summed E-state index contributed by atoms with van der Waals surface area (Å²) in [7, 11) is 0. The molecule has 3 aliphatic rings. The first kappa shape index (κ1) is 17.2. The van der Waals surface area contributed by atoms with Gasteiger partial charge in [0.25, 0.3) is 5.91 Å². The van der Waals surface area contributed by atoms with Gasteiger partial charge in [-0.15, -0.1) is 0 Å². The Morgan fingerprint density at radius 1 is 1.15 bits per heavy atom. The van der Waals surface area contributed by atoms with Crippen molar-refractivity contribution >= 4 is 17.5 Å². The molecule has 26 heavy (non-hydrogen) atoms. The Morgan fingerprint density at radius 3 is 2.62 bits per heavy atom. The third-order valence-electron chi connectivity index (χ3n) is 5.42. The van der Waals surface area contributed by atoms with Crippen molar-refractivity contribution in [1.82, 2.24) is 9.80 Å². The van der Waals surface area contributed by atoms with Crippen LogP contribution >= 0.6 is 0 Å². The van der Waals surface area contributed by atoms with Crippen LogP contribution in [0.1, 0.15) is 41.6 Å². The number of likely N-dealkylation sites (tertiary alicyclic amines) is 1. The van der Waals surface area contributed by atoms with Crippen LogP contribution in [-0.4, -0.2) is 60.2 Å². The fourth-order valence-electron chi connectivity index (χ4n) is 4.07. The van der Waals surface area contributed by atoms with E-state index in [9.17, 15) is 9.59 Å². The molecule has 2 saturated heterocycles. The molecule has 0 bridgehead atoms. The molecule has 1 unspecified atom stereocenters. The van der Waals surface area contributed by atoms with Crippen LogP contribution in [0.3, 0.4) is 0 Å². The Morgan fingerprint density at radius 2 is 1.88 bits per heavy atom. The van der Waals surface area contributed by atoms with Gasteiger partial charge in [0.1, 0.15) is 0 Å². The molecule has 6 heteroatoms. The van der Waals surface area contributed by atoms with E-state index in [-0.39, 0.29) is 30.6 Å². The van der Waals surface area contributed by atoms with E-state index in [2.05, 4.69) is 6.58 Å². The van der Waals surface area contributed by atoms with Crippen molar-refractivity contribution in [3.63, 3.8) is 0 Å². The minimum atomic E-state index is -0.313. The van der Waals surface area contributed by atoms with Gasteiger partial charge in [-0.2, -0.15) is 0 Å². The van der Waals surface area contributed by atoms with Gasteiger partial charge in [-0.1, -0.05) is 24.8 Å². The van der Waals surface area contributed by atoms with Crippen molar-refractivity contribution in [3.05, 3.63) is 42.0 Å². The Kier molecular flexibility index (Phi) is 4.78. The van der Waals surface area contributed by atoms with Crippen LogP contribution in [-0.2, 0) is 14.3 Å². The number of nitrogens with zero attached hydrogens (tertiary/aromatic N) is 2. The van der Waals surface area contributed by atoms with E-state index in [0.717, 1.165) is 31.4 Å². The van der Waals surface area contributed by atoms with Gasteiger partial charge in [0.15, 0.2) is 6.29 Å². The van der Waals surface area contributed by atoms with Crippen molar-refractivity contribution in [1.29, 1.82) is 0 Å². The molecule has 3 aliphatic heterocycles. The van der Waals surface area contributed by atoms with Gasteiger partial charge < -0.3 is 19.3 Å². The Hall–Kier alpha value is -2.18. The second-order valence-corrected chi connectivity index (χ2v) is 6.96. The molecule has 1 aromatic rings. The minimum Gasteiger partial charge on any atom is -0.348 e. The van der Waals surface area contributed by atoms with Gasteiger partial charge in [0, 0.05) is 36.3 Å². The van der Waals surface area contributed by atoms with Crippen LogP contribution in [0.2, 0.25) is 0 Å². The summed E-state index contributed by atoms with van der Waals surface area (Å²) in [6, 6.07) is 7.42. The molecule has 4 rings (SSSR count). The zero-order valence-electron chi connectivity index (χ0n) is 14.9. The number of piperidine rings is 1. The summed E-state index contributed by atoms with van der Waals surface area (Å²) in [5.41, 5.74) is 2.19. The smallest absolute Gasteiger partial charge is 0.258 e. The number of benzene rings is 1. The second-order valence-electron chi connectivity index (χ2n) is 6.96. The summed E-state index contributed by atoms with van der Waals surface area (Å²) in [4.78, 5) is 28.9. The predicted molar refractivity (Wildman–Crippen MR) is 96.2 cm³/mol. The fourth-order valence-corrected chi connectivity index (χ4v) is 4.07.